The summed E-state index contributed by atoms with van der Waals surface area (Å²) < 4.78 is 11.7. The predicted octanol–water partition coefficient (Wildman–Crippen LogP) is 2.53. The second-order valence-electron chi connectivity index (χ2n) is 7.78. The molecule has 1 atom stereocenters. The maximum Gasteiger partial charge on any atom is 0.0309 e. The van der Waals surface area contributed by atoms with Gasteiger partial charge in [0.05, 0.1) is 0 Å². The number of rotatable bonds is 2. The Balaban J connectivity index is 1.73. The molecule has 0 aromatic rings. The summed E-state index contributed by atoms with van der Waals surface area (Å²) in [6.45, 7) is 7.10. The van der Waals surface area contributed by atoms with Gasteiger partial charge in [-0.25, -0.2) is 0 Å². The number of piperazine rings is 1. The van der Waals surface area contributed by atoms with Crippen LogP contribution in [0.1, 0.15) is 58.8 Å². The van der Waals surface area contributed by atoms with Crippen LogP contribution in [0.4, 0.5) is 0 Å². The number of nitrogens with zero attached hydrogens (tertiary/aromatic N) is 1. The molecule has 21 heavy (non-hydrogen) atoms. The Morgan fingerprint density at radius 2 is 1.81 bits per heavy atom. The Morgan fingerprint density at radius 1 is 1.14 bits per heavy atom. The van der Waals surface area contributed by atoms with E-state index in [2.05, 4.69) is 24.1 Å². The second kappa shape index (κ2) is 6.67. The monoisotopic (exact) mass is 312 g/mol. The SMILES string of the molecule is CC(C)C1CNC2(CCCCC2)CN1C1CCS(=O)CC1. The van der Waals surface area contributed by atoms with Crippen LogP contribution in [0.2, 0.25) is 0 Å². The molecule has 0 aromatic carbocycles. The van der Waals surface area contributed by atoms with Gasteiger partial charge >= 0.3 is 0 Å². The smallest absolute Gasteiger partial charge is 0.0309 e. The molecule has 2 heterocycles. The van der Waals surface area contributed by atoms with Gasteiger partial charge in [0.25, 0.3) is 0 Å². The zero-order valence-corrected chi connectivity index (χ0v) is 14.6. The highest BCUT2D eigenvalue weighted by Gasteiger charge is 2.43. The summed E-state index contributed by atoms with van der Waals surface area (Å²) >= 11 is 0. The maximum absolute atomic E-state index is 11.7. The fourth-order valence-electron chi connectivity index (χ4n) is 4.66. The molecule has 0 aromatic heterocycles. The van der Waals surface area contributed by atoms with Crippen molar-refractivity contribution in [3.63, 3.8) is 0 Å². The largest absolute Gasteiger partial charge is 0.308 e. The highest BCUT2D eigenvalue weighted by Crippen LogP contribution is 2.35. The van der Waals surface area contributed by atoms with Gasteiger partial charge in [0, 0.05) is 53.0 Å². The van der Waals surface area contributed by atoms with E-state index in [4.69, 9.17) is 0 Å². The van der Waals surface area contributed by atoms with Gasteiger partial charge in [-0.3, -0.25) is 9.11 Å². The zero-order valence-electron chi connectivity index (χ0n) is 13.8. The first-order valence-corrected chi connectivity index (χ1v) is 10.4. The molecule has 1 saturated carbocycles. The van der Waals surface area contributed by atoms with E-state index in [1.807, 2.05) is 0 Å². The topological polar surface area (TPSA) is 32.3 Å². The van der Waals surface area contributed by atoms with Gasteiger partial charge in [0.2, 0.25) is 0 Å². The standard InChI is InChI=1S/C17H32N2OS/c1-14(2)16-12-18-17(8-4-3-5-9-17)13-19(16)15-6-10-21(20)11-7-15/h14-16,18H,3-13H2,1-2H3. The molecule has 0 amide bonds. The average molecular weight is 313 g/mol. The van der Waals surface area contributed by atoms with Gasteiger partial charge in [-0.05, 0) is 31.6 Å². The van der Waals surface area contributed by atoms with Crippen LogP contribution in [0.25, 0.3) is 0 Å². The average Bonchev–Trinajstić information content (AvgIpc) is 2.48. The molecular weight excluding hydrogens is 280 g/mol. The minimum atomic E-state index is -0.543. The zero-order chi connectivity index (χ0) is 14.9. The number of nitrogens with one attached hydrogen (secondary N) is 1. The van der Waals surface area contributed by atoms with E-state index in [0.29, 0.717) is 23.5 Å². The minimum absolute atomic E-state index is 0.389. The Morgan fingerprint density at radius 3 is 2.43 bits per heavy atom. The van der Waals surface area contributed by atoms with Crippen LogP contribution in [0.3, 0.4) is 0 Å². The number of hydrogen-bond acceptors (Lipinski definition) is 3. The first kappa shape index (κ1) is 15.9. The molecule has 1 aliphatic carbocycles. The van der Waals surface area contributed by atoms with Crippen molar-refractivity contribution in [2.75, 3.05) is 24.6 Å². The van der Waals surface area contributed by atoms with E-state index >= 15 is 0 Å². The summed E-state index contributed by atoms with van der Waals surface area (Å²) in [5, 5.41) is 3.94. The molecule has 0 radical (unpaired) electrons. The van der Waals surface area contributed by atoms with Crippen molar-refractivity contribution in [2.24, 2.45) is 5.92 Å². The van der Waals surface area contributed by atoms with E-state index in [-0.39, 0.29) is 0 Å². The lowest BCUT2D eigenvalue weighted by Gasteiger charge is -2.53. The Labute approximate surface area is 132 Å². The molecule has 3 rings (SSSR count). The first-order valence-electron chi connectivity index (χ1n) is 8.95. The fourth-order valence-corrected chi connectivity index (χ4v) is 5.93. The van der Waals surface area contributed by atoms with Gasteiger partial charge in [-0.1, -0.05) is 33.1 Å². The van der Waals surface area contributed by atoms with Crippen molar-refractivity contribution in [3.05, 3.63) is 0 Å². The van der Waals surface area contributed by atoms with Crippen molar-refractivity contribution in [1.82, 2.24) is 10.2 Å². The molecule has 3 nitrogen and oxygen atoms in total. The Bertz CT molecular complexity index is 369. The lowest BCUT2D eigenvalue weighted by Crippen LogP contribution is -2.68. The lowest BCUT2D eigenvalue weighted by molar-refractivity contribution is 0.00338. The molecule has 2 aliphatic heterocycles. The van der Waals surface area contributed by atoms with Crippen molar-refractivity contribution in [1.29, 1.82) is 0 Å². The first-order chi connectivity index (χ1) is 10.1. The third-order valence-corrected chi connectivity index (χ3v) is 7.39. The van der Waals surface area contributed by atoms with E-state index in [0.717, 1.165) is 30.9 Å². The van der Waals surface area contributed by atoms with Crippen molar-refractivity contribution in [3.8, 4) is 0 Å². The highest BCUT2D eigenvalue weighted by atomic mass is 32.2. The van der Waals surface area contributed by atoms with Crippen LogP contribution < -0.4 is 5.32 Å². The summed E-state index contributed by atoms with van der Waals surface area (Å²) in [7, 11) is -0.543. The van der Waals surface area contributed by atoms with Crippen molar-refractivity contribution >= 4 is 10.8 Å². The van der Waals surface area contributed by atoms with E-state index in [1.165, 1.54) is 38.6 Å². The summed E-state index contributed by atoms with van der Waals surface area (Å²) in [4.78, 5) is 2.82. The fraction of sp³-hybridized carbons (Fsp3) is 1.00. The predicted molar refractivity (Wildman–Crippen MR) is 90.0 cm³/mol. The lowest BCUT2D eigenvalue weighted by atomic mass is 9.78. The summed E-state index contributed by atoms with van der Waals surface area (Å²) in [5.74, 6) is 2.55. The Hall–Kier alpha value is 0.0700. The molecule has 0 bridgehead atoms. The van der Waals surface area contributed by atoms with Gasteiger partial charge in [0.15, 0.2) is 0 Å². The normalized spacial score (nSPS) is 38.0. The molecule has 1 N–H and O–H groups in total. The van der Waals surface area contributed by atoms with E-state index in [1.54, 1.807) is 0 Å². The van der Waals surface area contributed by atoms with Crippen LogP contribution in [0, 0.1) is 5.92 Å². The van der Waals surface area contributed by atoms with E-state index < -0.39 is 10.8 Å². The summed E-state index contributed by atoms with van der Waals surface area (Å²) in [6, 6.07) is 1.34. The molecule has 4 heteroatoms. The highest BCUT2D eigenvalue weighted by molar-refractivity contribution is 7.85. The molecular formula is C17H32N2OS. The van der Waals surface area contributed by atoms with Gasteiger partial charge in [-0.2, -0.15) is 0 Å². The van der Waals surface area contributed by atoms with E-state index in [9.17, 15) is 4.21 Å². The van der Waals surface area contributed by atoms with Gasteiger partial charge < -0.3 is 5.32 Å². The van der Waals surface area contributed by atoms with Crippen LogP contribution in [-0.2, 0) is 10.8 Å². The molecule has 122 valence electrons. The Kier molecular flexibility index (Phi) is 5.07. The van der Waals surface area contributed by atoms with Gasteiger partial charge in [-0.15, -0.1) is 0 Å². The summed E-state index contributed by atoms with van der Waals surface area (Å²) in [6.07, 6.45) is 9.20. The molecule has 2 saturated heterocycles. The van der Waals surface area contributed by atoms with Crippen LogP contribution in [-0.4, -0.2) is 51.3 Å². The number of hydrogen-bond donors (Lipinski definition) is 1. The van der Waals surface area contributed by atoms with Crippen LogP contribution >= 0.6 is 0 Å². The molecule has 1 spiro atoms. The maximum atomic E-state index is 11.7. The molecule has 1 unspecified atom stereocenters. The summed E-state index contributed by atoms with van der Waals surface area (Å²) in [5.41, 5.74) is 0.389. The minimum Gasteiger partial charge on any atom is -0.308 e. The third-order valence-electron chi connectivity index (χ3n) is 6.00. The van der Waals surface area contributed by atoms with Crippen molar-refractivity contribution < 1.29 is 4.21 Å². The van der Waals surface area contributed by atoms with Crippen molar-refractivity contribution in [2.45, 2.75) is 76.4 Å². The molecule has 3 fully saturated rings. The quantitative estimate of drug-likeness (QED) is 0.850. The van der Waals surface area contributed by atoms with Crippen LogP contribution in [0.5, 0.6) is 0 Å². The third kappa shape index (κ3) is 3.53. The molecule has 3 aliphatic rings. The second-order valence-corrected chi connectivity index (χ2v) is 9.48. The van der Waals surface area contributed by atoms with Gasteiger partial charge in [0.1, 0.15) is 0 Å². The van der Waals surface area contributed by atoms with Crippen LogP contribution in [0.15, 0.2) is 0 Å².